The van der Waals surface area contributed by atoms with Gasteiger partial charge in [-0.3, -0.25) is 4.79 Å². The Hall–Kier alpha value is -0.530. The van der Waals surface area contributed by atoms with E-state index in [2.05, 4.69) is 13.8 Å². The molecule has 1 fully saturated rings. The highest BCUT2D eigenvalue weighted by atomic mass is 16.4. The van der Waals surface area contributed by atoms with Gasteiger partial charge in [0.2, 0.25) is 0 Å². The number of carboxylic acids is 1. The van der Waals surface area contributed by atoms with Gasteiger partial charge < -0.3 is 5.11 Å². The van der Waals surface area contributed by atoms with Gasteiger partial charge in [0.1, 0.15) is 0 Å². The Morgan fingerprint density at radius 1 is 1.14 bits per heavy atom. The molecule has 84 valence electrons. The first-order chi connectivity index (χ1) is 6.61. The Bertz CT molecular complexity index is 156. The Morgan fingerprint density at radius 3 is 1.86 bits per heavy atom. The van der Waals surface area contributed by atoms with E-state index in [9.17, 15) is 4.79 Å². The fourth-order valence-electron chi connectivity index (χ4n) is 2.03. The van der Waals surface area contributed by atoms with E-state index in [1.165, 1.54) is 0 Å². The molecule has 1 saturated carbocycles. The second-order valence-electron chi connectivity index (χ2n) is 4.19. The Labute approximate surface area is 87.7 Å². The summed E-state index contributed by atoms with van der Waals surface area (Å²) in [5.74, 6) is 0.831. The Kier molecular flexibility index (Phi) is 6.60. The fourth-order valence-corrected chi connectivity index (χ4v) is 2.03. The van der Waals surface area contributed by atoms with Crippen molar-refractivity contribution in [2.75, 3.05) is 0 Å². The van der Waals surface area contributed by atoms with Crippen molar-refractivity contribution in [2.24, 2.45) is 17.8 Å². The summed E-state index contributed by atoms with van der Waals surface area (Å²) in [4.78, 5) is 10.6. The van der Waals surface area contributed by atoms with Crippen LogP contribution in [0.3, 0.4) is 0 Å². The molecule has 2 heteroatoms. The third-order valence-electron chi connectivity index (χ3n) is 3.06. The molecule has 1 rings (SSSR count). The molecule has 0 saturated heterocycles. The number of carbonyl (C=O) groups is 1. The minimum Gasteiger partial charge on any atom is -0.481 e. The van der Waals surface area contributed by atoms with Gasteiger partial charge in [-0.15, -0.1) is 0 Å². The molecule has 0 radical (unpaired) electrons. The van der Waals surface area contributed by atoms with Crippen molar-refractivity contribution >= 4 is 5.97 Å². The van der Waals surface area contributed by atoms with Gasteiger partial charge in [0.25, 0.3) is 0 Å². The maximum atomic E-state index is 10.6. The summed E-state index contributed by atoms with van der Waals surface area (Å²) in [6.45, 7) is 8.46. The standard InChI is InChI=1S/C10H18O2.C2H6/c1-7(2)8-3-5-9(6-4-8)10(11)12;1-2/h7-9H,3-6H2,1-2H3,(H,11,12);1-2H3. The summed E-state index contributed by atoms with van der Waals surface area (Å²) in [6, 6.07) is 0. The molecule has 14 heavy (non-hydrogen) atoms. The van der Waals surface area contributed by atoms with E-state index < -0.39 is 5.97 Å². The van der Waals surface area contributed by atoms with Gasteiger partial charge in [-0.2, -0.15) is 0 Å². The summed E-state index contributed by atoms with van der Waals surface area (Å²) in [5.41, 5.74) is 0. The zero-order valence-electron chi connectivity index (χ0n) is 9.92. The molecule has 0 amide bonds. The maximum Gasteiger partial charge on any atom is 0.306 e. The largest absolute Gasteiger partial charge is 0.481 e. The van der Waals surface area contributed by atoms with Gasteiger partial charge in [-0.1, -0.05) is 27.7 Å². The van der Waals surface area contributed by atoms with Crippen LogP contribution in [0.5, 0.6) is 0 Å². The van der Waals surface area contributed by atoms with Gasteiger partial charge >= 0.3 is 5.97 Å². The van der Waals surface area contributed by atoms with Crippen molar-refractivity contribution in [1.82, 2.24) is 0 Å². The number of rotatable bonds is 2. The lowest BCUT2D eigenvalue weighted by Crippen LogP contribution is -2.23. The first-order valence-corrected chi connectivity index (χ1v) is 5.84. The van der Waals surface area contributed by atoms with Gasteiger partial charge in [0.05, 0.1) is 5.92 Å². The normalized spacial score (nSPS) is 26.6. The van der Waals surface area contributed by atoms with Crippen LogP contribution in [0.2, 0.25) is 0 Å². The van der Waals surface area contributed by atoms with Crippen molar-refractivity contribution in [3.63, 3.8) is 0 Å². The monoisotopic (exact) mass is 200 g/mol. The molecular formula is C12H24O2. The molecule has 0 heterocycles. The van der Waals surface area contributed by atoms with Crippen LogP contribution in [0.15, 0.2) is 0 Å². The maximum absolute atomic E-state index is 10.6. The van der Waals surface area contributed by atoms with Crippen LogP contribution < -0.4 is 0 Å². The summed E-state index contributed by atoms with van der Waals surface area (Å²) in [6.07, 6.45) is 3.99. The highest BCUT2D eigenvalue weighted by molar-refractivity contribution is 5.69. The number of hydrogen-bond donors (Lipinski definition) is 1. The van der Waals surface area contributed by atoms with Gasteiger partial charge in [0.15, 0.2) is 0 Å². The van der Waals surface area contributed by atoms with E-state index in [1.807, 2.05) is 13.8 Å². The smallest absolute Gasteiger partial charge is 0.306 e. The summed E-state index contributed by atoms with van der Waals surface area (Å²) in [7, 11) is 0. The molecular weight excluding hydrogens is 176 g/mol. The molecule has 0 unspecified atom stereocenters. The van der Waals surface area contributed by atoms with Crippen LogP contribution in [-0.2, 0) is 4.79 Å². The van der Waals surface area contributed by atoms with Gasteiger partial charge in [-0.05, 0) is 37.5 Å². The lowest BCUT2D eigenvalue weighted by atomic mass is 9.77. The minimum atomic E-state index is -0.600. The number of carboxylic acid groups (broad SMARTS) is 1. The quantitative estimate of drug-likeness (QED) is 0.740. The zero-order chi connectivity index (χ0) is 11.1. The predicted octanol–water partition coefficient (Wildman–Crippen LogP) is 3.56. The fraction of sp³-hybridized carbons (Fsp3) is 0.917. The van der Waals surface area contributed by atoms with E-state index >= 15 is 0 Å². The Morgan fingerprint density at radius 2 is 1.57 bits per heavy atom. The second-order valence-corrected chi connectivity index (χ2v) is 4.19. The van der Waals surface area contributed by atoms with Crippen LogP contribution in [0.4, 0.5) is 0 Å². The molecule has 0 aromatic heterocycles. The summed E-state index contributed by atoms with van der Waals surface area (Å²) >= 11 is 0. The average molecular weight is 200 g/mol. The predicted molar refractivity (Wildman–Crippen MR) is 59.3 cm³/mol. The lowest BCUT2D eigenvalue weighted by Gasteiger charge is -2.28. The second kappa shape index (κ2) is 6.86. The third kappa shape index (κ3) is 4.12. The molecule has 0 aromatic rings. The molecule has 0 aliphatic heterocycles. The van der Waals surface area contributed by atoms with Crippen molar-refractivity contribution < 1.29 is 9.90 Å². The molecule has 1 aliphatic carbocycles. The van der Waals surface area contributed by atoms with Crippen molar-refractivity contribution in [3.05, 3.63) is 0 Å². The molecule has 0 spiro atoms. The Balaban J connectivity index is 0.000000791. The topological polar surface area (TPSA) is 37.3 Å². The molecule has 2 nitrogen and oxygen atoms in total. The van der Waals surface area contributed by atoms with E-state index in [-0.39, 0.29) is 5.92 Å². The minimum absolute atomic E-state index is 0.0556. The summed E-state index contributed by atoms with van der Waals surface area (Å²) < 4.78 is 0. The van der Waals surface area contributed by atoms with E-state index in [0.29, 0.717) is 0 Å². The lowest BCUT2D eigenvalue weighted by molar-refractivity contribution is -0.143. The highest BCUT2D eigenvalue weighted by Crippen LogP contribution is 2.33. The number of hydrogen-bond acceptors (Lipinski definition) is 1. The number of aliphatic carboxylic acids is 1. The first-order valence-electron chi connectivity index (χ1n) is 5.84. The van der Waals surface area contributed by atoms with E-state index in [4.69, 9.17) is 5.11 Å². The SMILES string of the molecule is CC.CC(C)C1CCC(C(=O)O)CC1. The third-order valence-corrected chi connectivity index (χ3v) is 3.06. The van der Waals surface area contributed by atoms with Crippen LogP contribution in [0.1, 0.15) is 53.4 Å². The van der Waals surface area contributed by atoms with E-state index in [1.54, 1.807) is 0 Å². The first kappa shape index (κ1) is 13.5. The zero-order valence-corrected chi connectivity index (χ0v) is 9.92. The van der Waals surface area contributed by atoms with Gasteiger partial charge in [-0.25, -0.2) is 0 Å². The van der Waals surface area contributed by atoms with E-state index in [0.717, 1.165) is 37.5 Å². The highest BCUT2D eigenvalue weighted by Gasteiger charge is 2.26. The van der Waals surface area contributed by atoms with Crippen molar-refractivity contribution in [2.45, 2.75) is 53.4 Å². The molecule has 0 atom stereocenters. The van der Waals surface area contributed by atoms with Crippen LogP contribution in [0, 0.1) is 17.8 Å². The van der Waals surface area contributed by atoms with Crippen molar-refractivity contribution in [1.29, 1.82) is 0 Å². The molecule has 1 N–H and O–H groups in total. The molecule has 1 aliphatic rings. The average Bonchev–Trinajstić information content (AvgIpc) is 2.21. The van der Waals surface area contributed by atoms with Crippen LogP contribution in [-0.4, -0.2) is 11.1 Å². The van der Waals surface area contributed by atoms with Crippen LogP contribution >= 0.6 is 0 Å². The summed E-state index contributed by atoms with van der Waals surface area (Å²) in [5, 5.41) is 8.76. The molecule has 0 bridgehead atoms. The molecule has 0 aromatic carbocycles. The van der Waals surface area contributed by atoms with Crippen LogP contribution in [0.25, 0.3) is 0 Å². The van der Waals surface area contributed by atoms with Crippen molar-refractivity contribution in [3.8, 4) is 0 Å². The van der Waals surface area contributed by atoms with Gasteiger partial charge in [0, 0.05) is 0 Å².